The highest BCUT2D eigenvalue weighted by molar-refractivity contribution is 7.24. The zero-order chi connectivity index (χ0) is 7.11. The first-order chi connectivity index (χ1) is 4.35. The highest BCUT2D eigenvalue weighted by atomic mass is 31.1. The fourth-order valence-corrected chi connectivity index (χ4v) is 0.966. The van der Waals surface area contributed by atoms with Crippen molar-refractivity contribution in [1.29, 1.82) is 0 Å². The van der Waals surface area contributed by atoms with E-state index >= 15 is 0 Å². The summed E-state index contributed by atoms with van der Waals surface area (Å²) in [5, 5.41) is 0. The molecule has 0 radical (unpaired) electrons. The molecule has 9 heavy (non-hydrogen) atoms. The van der Waals surface area contributed by atoms with Crippen LogP contribution in [0.15, 0.2) is 0 Å². The van der Waals surface area contributed by atoms with Gasteiger partial charge in [0.2, 0.25) is 0 Å². The third-order valence-corrected chi connectivity index (χ3v) is 1.90. The molecule has 0 N–H and O–H groups in total. The van der Waals surface area contributed by atoms with Crippen molar-refractivity contribution in [3.63, 3.8) is 0 Å². The molecule has 0 aliphatic heterocycles. The molecule has 0 fully saturated rings. The van der Waals surface area contributed by atoms with Crippen molar-refractivity contribution in [3.05, 3.63) is 0 Å². The van der Waals surface area contributed by atoms with E-state index in [9.17, 15) is 4.57 Å². The summed E-state index contributed by atoms with van der Waals surface area (Å²) in [6.45, 7) is 2.11. The van der Waals surface area contributed by atoms with Gasteiger partial charge in [0.05, 0.1) is 0 Å². The molecule has 0 amide bonds. The van der Waals surface area contributed by atoms with Gasteiger partial charge in [-0.15, -0.1) is 0 Å². The molecule has 1 unspecified atom stereocenters. The molecule has 54 valence electrons. The topological polar surface area (TPSA) is 26.3 Å². The SMILES string of the molecule is CCCCC(OC)P=O. The summed E-state index contributed by atoms with van der Waals surface area (Å²) in [6.07, 6.45) is 3.13. The molecule has 1 atom stereocenters. The maximum absolute atomic E-state index is 10.2. The summed E-state index contributed by atoms with van der Waals surface area (Å²) < 4.78 is 15.1. The van der Waals surface area contributed by atoms with Gasteiger partial charge in [-0.05, 0) is 6.42 Å². The Balaban J connectivity index is 3.20. The number of unbranched alkanes of at least 4 members (excludes halogenated alkanes) is 1. The Morgan fingerprint density at radius 1 is 1.67 bits per heavy atom. The van der Waals surface area contributed by atoms with Crippen molar-refractivity contribution < 1.29 is 9.30 Å². The van der Waals surface area contributed by atoms with Crippen LogP contribution in [0.5, 0.6) is 0 Å². The van der Waals surface area contributed by atoms with Crippen LogP contribution in [-0.2, 0) is 9.30 Å². The van der Waals surface area contributed by atoms with Gasteiger partial charge < -0.3 is 4.74 Å². The fraction of sp³-hybridized carbons (Fsp3) is 1.00. The summed E-state index contributed by atoms with van der Waals surface area (Å²) in [5.74, 6) is -0.0788. The van der Waals surface area contributed by atoms with Crippen molar-refractivity contribution >= 4 is 8.46 Å². The van der Waals surface area contributed by atoms with E-state index in [-0.39, 0.29) is 14.3 Å². The second kappa shape index (κ2) is 6.18. The van der Waals surface area contributed by atoms with E-state index in [0.717, 1.165) is 19.3 Å². The second-order valence-electron chi connectivity index (χ2n) is 1.94. The van der Waals surface area contributed by atoms with E-state index < -0.39 is 0 Å². The predicted octanol–water partition coefficient (Wildman–Crippen LogP) is 2.44. The van der Waals surface area contributed by atoms with Gasteiger partial charge in [0.25, 0.3) is 0 Å². The van der Waals surface area contributed by atoms with E-state index in [2.05, 4.69) is 6.92 Å². The van der Waals surface area contributed by atoms with Crippen LogP contribution in [0.25, 0.3) is 0 Å². The quantitative estimate of drug-likeness (QED) is 0.559. The van der Waals surface area contributed by atoms with E-state index in [1.54, 1.807) is 7.11 Å². The summed E-state index contributed by atoms with van der Waals surface area (Å²) in [7, 11) is 1.70. The molecule has 0 aliphatic rings. The van der Waals surface area contributed by atoms with Gasteiger partial charge in [0.15, 0.2) is 8.46 Å². The highest BCUT2D eigenvalue weighted by Crippen LogP contribution is 2.14. The molecule has 0 aromatic heterocycles. The standard InChI is InChI=1S/C6H13O2P/c1-3-4-5-6(8-2)9-7/h6H,3-5H2,1-2H3. The lowest BCUT2D eigenvalue weighted by Gasteiger charge is -2.03. The van der Waals surface area contributed by atoms with Crippen LogP contribution >= 0.6 is 8.46 Å². The Bertz CT molecular complexity index is 75.5. The zero-order valence-corrected chi connectivity index (χ0v) is 6.86. The van der Waals surface area contributed by atoms with Crippen LogP contribution in [-0.4, -0.2) is 13.0 Å². The summed E-state index contributed by atoms with van der Waals surface area (Å²) >= 11 is 0. The fourth-order valence-electron chi connectivity index (χ4n) is 0.592. The maximum Gasteiger partial charge on any atom is 0.187 e. The Kier molecular flexibility index (Phi) is 6.23. The van der Waals surface area contributed by atoms with E-state index in [4.69, 9.17) is 4.74 Å². The van der Waals surface area contributed by atoms with Crippen molar-refractivity contribution in [2.75, 3.05) is 7.11 Å². The normalized spacial score (nSPS) is 14.0. The number of ether oxygens (including phenoxy) is 1. The van der Waals surface area contributed by atoms with Gasteiger partial charge in [-0.25, -0.2) is 0 Å². The Hall–Kier alpha value is 0.0600. The smallest absolute Gasteiger partial charge is 0.187 e. The third kappa shape index (κ3) is 4.56. The molecular formula is C6H13O2P. The summed E-state index contributed by atoms with van der Waals surface area (Å²) in [6, 6.07) is 0. The first-order valence-electron chi connectivity index (χ1n) is 3.20. The van der Waals surface area contributed by atoms with Crippen molar-refractivity contribution in [2.45, 2.75) is 32.0 Å². The monoisotopic (exact) mass is 148 g/mol. The van der Waals surface area contributed by atoms with E-state index in [0.29, 0.717) is 0 Å². The molecule has 0 saturated heterocycles. The van der Waals surface area contributed by atoms with Crippen LogP contribution in [0.2, 0.25) is 0 Å². The van der Waals surface area contributed by atoms with Gasteiger partial charge in [-0.1, -0.05) is 19.8 Å². The summed E-state index contributed by atoms with van der Waals surface area (Å²) in [5.41, 5.74) is 0. The minimum absolute atomic E-state index is 0.0788. The van der Waals surface area contributed by atoms with Gasteiger partial charge in [-0.2, -0.15) is 0 Å². The lowest BCUT2D eigenvalue weighted by molar-refractivity contribution is 0.158. The van der Waals surface area contributed by atoms with Gasteiger partial charge in [0, 0.05) is 7.11 Å². The predicted molar refractivity (Wildman–Crippen MR) is 37.9 cm³/mol. The minimum Gasteiger partial charge on any atom is -0.369 e. The molecule has 0 aliphatic carbocycles. The van der Waals surface area contributed by atoms with Crippen LogP contribution < -0.4 is 0 Å². The highest BCUT2D eigenvalue weighted by Gasteiger charge is 2.03. The first kappa shape index (κ1) is 9.06. The van der Waals surface area contributed by atoms with E-state index in [1.165, 1.54) is 0 Å². The van der Waals surface area contributed by atoms with Crippen LogP contribution in [0.3, 0.4) is 0 Å². The molecule has 0 rings (SSSR count). The van der Waals surface area contributed by atoms with Gasteiger partial charge >= 0.3 is 0 Å². The number of hydrogen-bond donors (Lipinski definition) is 0. The largest absolute Gasteiger partial charge is 0.369 e. The van der Waals surface area contributed by atoms with Crippen LogP contribution in [0.4, 0.5) is 0 Å². The van der Waals surface area contributed by atoms with Crippen molar-refractivity contribution in [1.82, 2.24) is 0 Å². The average molecular weight is 148 g/mol. The first-order valence-corrected chi connectivity index (χ1v) is 4.08. The second-order valence-corrected chi connectivity index (χ2v) is 2.72. The van der Waals surface area contributed by atoms with Crippen LogP contribution in [0, 0.1) is 0 Å². The average Bonchev–Trinajstić information content (AvgIpc) is 1.91. The maximum atomic E-state index is 10.2. The molecule has 3 heteroatoms. The third-order valence-electron chi connectivity index (χ3n) is 1.19. The van der Waals surface area contributed by atoms with E-state index in [1.807, 2.05) is 0 Å². The van der Waals surface area contributed by atoms with Crippen molar-refractivity contribution in [3.8, 4) is 0 Å². The molecule has 0 saturated carbocycles. The summed E-state index contributed by atoms with van der Waals surface area (Å²) in [4.78, 5) is 0. The molecule has 0 bridgehead atoms. The molecule has 0 aromatic rings. The Labute approximate surface area is 57.8 Å². The zero-order valence-electron chi connectivity index (χ0n) is 5.96. The van der Waals surface area contributed by atoms with Gasteiger partial charge in [-0.3, -0.25) is 4.57 Å². The lowest BCUT2D eigenvalue weighted by Crippen LogP contribution is -1.99. The lowest BCUT2D eigenvalue weighted by atomic mass is 10.3. The molecular weight excluding hydrogens is 135 g/mol. The number of rotatable bonds is 5. The van der Waals surface area contributed by atoms with Gasteiger partial charge in [0.1, 0.15) is 5.85 Å². The Morgan fingerprint density at radius 2 is 2.33 bits per heavy atom. The number of hydrogen-bond acceptors (Lipinski definition) is 2. The molecule has 0 spiro atoms. The van der Waals surface area contributed by atoms with Crippen molar-refractivity contribution in [2.24, 2.45) is 0 Å². The number of methoxy groups -OCH3 is 1. The molecule has 0 heterocycles. The Morgan fingerprint density at radius 3 is 2.67 bits per heavy atom. The molecule has 0 aromatic carbocycles. The molecule has 2 nitrogen and oxygen atoms in total. The van der Waals surface area contributed by atoms with Crippen LogP contribution in [0.1, 0.15) is 26.2 Å². The minimum atomic E-state index is -0.0788.